The first-order chi connectivity index (χ1) is 11.0. The van der Waals surface area contributed by atoms with Crippen LogP contribution in [0.25, 0.3) is 10.9 Å². The fourth-order valence-corrected chi connectivity index (χ4v) is 2.98. The SMILES string of the molecule is O=C(NC1CCC(C(=O)O)CC1)c1ccc2cccc(F)c2n1. The van der Waals surface area contributed by atoms with Gasteiger partial charge in [-0.3, -0.25) is 9.59 Å². The molecule has 3 rings (SSSR count). The number of halogens is 1. The third-order valence-electron chi connectivity index (χ3n) is 4.32. The molecular weight excluding hydrogens is 299 g/mol. The van der Waals surface area contributed by atoms with Crippen molar-refractivity contribution in [2.45, 2.75) is 31.7 Å². The van der Waals surface area contributed by atoms with Crippen molar-refractivity contribution in [2.24, 2.45) is 5.92 Å². The molecule has 120 valence electrons. The standard InChI is InChI=1S/C17H17FN2O3/c18-13-3-1-2-10-6-9-14(20-15(10)13)16(21)19-12-7-4-11(5-8-12)17(22)23/h1-3,6,9,11-12H,4-5,7-8H2,(H,19,21)(H,22,23). The average Bonchev–Trinajstić information content (AvgIpc) is 2.55. The van der Waals surface area contributed by atoms with Gasteiger partial charge in [-0.15, -0.1) is 0 Å². The predicted octanol–water partition coefficient (Wildman–Crippen LogP) is 2.75. The Bertz CT molecular complexity index is 755. The summed E-state index contributed by atoms with van der Waals surface area (Å²) in [7, 11) is 0. The van der Waals surface area contributed by atoms with Gasteiger partial charge in [0.2, 0.25) is 0 Å². The Labute approximate surface area is 132 Å². The number of rotatable bonds is 3. The van der Waals surface area contributed by atoms with Crippen LogP contribution in [0.5, 0.6) is 0 Å². The molecule has 0 radical (unpaired) electrons. The van der Waals surface area contributed by atoms with Crippen molar-refractivity contribution in [3.8, 4) is 0 Å². The summed E-state index contributed by atoms with van der Waals surface area (Å²) < 4.78 is 13.8. The third kappa shape index (κ3) is 3.31. The number of carbonyl (C=O) groups excluding carboxylic acids is 1. The van der Waals surface area contributed by atoms with Crippen LogP contribution in [-0.4, -0.2) is 28.0 Å². The van der Waals surface area contributed by atoms with E-state index in [0.717, 1.165) is 0 Å². The van der Waals surface area contributed by atoms with Gasteiger partial charge in [-0.1, -0.05) is 18.2 Å². The molecular formula is C17H17FN2O3. The van der Waals surface area contributed by atoms with E-state index in [1.165, 1.54) is 6.07 Å². The average molecular weight is 316 g/mol. The molecule has 1 aliphatic rings. The van der Waals surface area contributed by atoms with Gasteiger partial charge in [0.15, 0.2) is 0 Å². The Morgan fingerprint density at radius 2 is 1.87 bits per heavy atom. The molecule has 0 atom stereocenters. The lowest BCUT2D eigenvalue weighted by Gasteiger charge is -2.26. The predicted molar refractivity (Wildman–Crippen MR) is 82.5 cm³/mol. The van der Waals surface area contributed by atoms with Gasteiger partial charge >= 0.3 is 5.97 Å². The highest BCUT2D eigenvalue weighted by atomic mass is 19.1. The number of carboxylic acids is 1. The normalized spacial score (nSPS) is 21.1. The van der Waals surface area contributed by atoms with E-state index in [2.05, 4.69) is 10.3 Å². The van der Waals surface area contributed by atoms with Crippen molar-refractivity contribution in [1.82, 2.24) is 10.3 Å². The van der Waals surface area contributed by atoms with Gasteiger partial charge in [-0.2, -0.15) is 0 Å². The van der Waals surface area contributed by atoms with Gasteiger partial charge in [0.1, 0.15) is 17.0 Å². The first-order valence-electron chi connectivity index (χ1n) is 7.63. The molecule has 1 aliphatic carbocycles. The smallest absolute Gasteiger partial charge is 0.306 e. The maximum absolute atomic E-state index is 13.8. The Hall–Kier alpha value is -2.50. The van der Waals surface area contributed by atoms with Crippen molar-refractivity contribution in [1.29, 1.82) is 0 Å². The van der Waals surface area contributed by atoms with Crippen molar-refractivity contribution in [2.75, 3.05) is 0 Å². The van der Waals surface area contributed by atoms with E-state index in [1.807, 2.05) is 0 Å². The largest absolute Gasteiger partial charge is 0.481 e. The first-order valence-corrected chi connectivity index (χ1v) is 7.63. The van der Waals surface area contributed by atoms with Crippen LogP contribution in [-0.2, 0) is 4.79 Å². The molecule has 0 unspecified atom stereocenters. The number of para-hydroxylation sites is 1. The lowest BCUT2D eigenvalue weighted by atomic mass is 9.86. The number of nitrogens with one attached hydrogen (secondary N) is 1. The minimum absolute atomic E-state index is 0.0591. The van der Waals surface area contributed by atoms with Crippen LogP contribution in [0, 0.1) is 11.7 Å². The van der Waals surface area contributed by atoms with E-state index in [9.17, 15) is 14.0 Å². The van der Waals surface area contributed by atoms with Gasteiger partial charge in [-0.25, -0.2) is 9.37 Å². The minimum Gasteiger partial charge on any atom is -0.481 e. The zero-order chi connectivity index (χ0) is 16.4. The van der Waals surface area contributed by atoms with Crippen molar-refractivity contribution < 1.29 is 19.1 Å². The second kappa shape index (κ2) is 6.32. The number of aliphatic carboxylic acids is 1. The van der Waals surface area contributed by atoms with E-state index in [0.29, 0.717) is 31.1 Å². The molecule has 1 aromatic heterocycles. The fraction of sp³-hybridized carbons (Fsp3) is 0.353. The monoisotopic (exact) mass is 316 g/mol. The quantitative estimate of drug-likeness (QED) is 0.912. The molecule has 1 saturated carbocycles. The molecule has 0 saturated heterocycles. The maximum Gasteiger partial charge on any atom is 0.306 e. The number of amides is 1. The molecule has 6 heteroatoms. The number of benzene rings is 1. The molecule has 2 aromatic rings. The second-order valence-corrected chi connectivity index (χ2v) is 5.87. The Kier molecular flexibility index (Phi) is 4.23. The lowest BCUT2D eigenvalue weighted by Crippen LogP contribution is -2.39. The zero-order valence-electron chi connectivity index (χ0n) is 12.5. The number of pyridine rings is 1. The summed E-state index contributed by atoms with van der Waals surface area (Å²) in [6.45, 7) is 0. The summed E-state index contributed by atoms with van der Waals surface area (Å²) in [5.74, 6) is -1.91. The van der Waals surface area contributed by atoms with Crippen LogP contribution in [0.2, 0.25) is 0 Å². The molecule has 0 bridgehead atoms. The molecule has 2 N–H and O–H groups in total. The van der Waals surface area contributed by atoms with Crippen LogP contribution in [0.1, 0.15) is 36.2 Å². The Morgan fingerprint density at radius 3 is 2.57 bits per heavy atom. The van der Waals surface area contributed by atoms with E-state index < -0.39 is 11.8 Å². The maximum atomic E-state index is 13.8. The number of carbonyl (C=O) groups is 2. The van der Waals surface area contributed by atoms with E-state index >= 15 is 0 Å². The first kappa shape index (κ1) is 15.4. The van der Waals surface area contributed by atoms with Crippen LogP contribution < -0.4 is 5.32 Å². The van der Waals surface area contributed by atoms with Crippen LogP contribution in [0.3, 0.4) is 0 Å². The molecule has 23 heavy (non-hydrogen) atoms. The van der Waals surface area contributed by atoms with Crippen molar-refractivity contribution in [3.05, 3.63) is 41.8 Å². The summed E-state index contributed by atoms with van der Waals surface area (Å²) in [5, 5.41) is 12.5. The molecule has 0 spiro atoms. The topological polar surface area (TPSA) is 79.3 Å². The molecule has 1 amide bonds. The van der Waals surface area contributed by atoms with E-state index in [4.69, 9.17) is 5.11 Å². The number of carboxylic acid groups (broad SMARTS) is 1. The van der Waals surface area contributed by atoms with Gasteiger partial charge in [0.05, 0.1) is 5.92 Å². The van der Waals surface area contributed by atoms with E-state index in [-0.39, 0.29) is 29.1 Å². The molecule has 0 aliphatic heterocycles. The number of hydrogen-bond donors (Lipinski definition) is 2. The highest BCUT2D eigenvalue weighted by Gasteiger charge is 2.27. The number of hydrogen-bond acceptors (Lipinski definition) is 3. The highest BCUT2D eigenvalue weighted by Crippen LogP contribution is 2.24. The molecule has 1 aromatic carbocycles. The summed E-state index contributed by atoms with van der Waals surface area (Å²) in [5.41, 5.74) is 0.345. The van der Waals surface area contributed by atoms with Gasteiger partial charge < -0.3 is 10.4 Å². The van der Waals surface area contributed by atoms with Crippen LogP contribution in [0.15, 0.2) is 30.3 Å². The molecule has 5 nitrogen and oxygen atoms in total. The van der Waals surface area contributed by atoms with Gasteiger partial charge in [-0.05, 0) is 37.8 Å². The third-order valence-corrected chi connectivity index (χ3v) is 4.32. The number of fused-ring (bicyclic) bond motifs is 1. The summed E-state index contributed by atoms with van der Waals surface area (Å²) >= 11 is 0. The highest BCUT2D eigenvalue weighted by molar-refractivity contribution is 5.95. The summed E-state index contributed by atoms with van der Waals surface area (Å²) in [6, 6.07) is 7.82. The lowest BCUT2D eigenvalue weighted by molar-refractivity contribution is -0.142. The molecule has 1 heterocycles. The zero-order valence-corrected chi connectivity index (χ0v) is 12.5. The van der Waals surface area contributed by atoms with Crippen LogP contribution >= 0.6 is 0 Å². The summed E-state index contributed by atoms with van der Waals surface area (Å²) in [4.78, 5) is 27.3. The fourth-order valence-electron chi connectivity index (χ4n) is 2.98. The number of nitrogens with zero attached hydrogens (tertiary/aromatic N) is 1. The second-order valence-electron chi connectivity index (χ2n) is 5.87. The number of aromatic nitrogens is 1. The Balaban J connectivity index is 1.69. The van der Waals surface area contributed by atoms with Gasteiger partial charge in [0.25, 0.3) is 5.91 Å². The van der Waals surface area contributed by atoms with E-state index in [1.54, 1.807) is 24.3 Å². The summed E-state index contributed by atoms with van der Waals surface area (Å²) in [6.07, 6.45) is 2.37. The Morgan fingerprint density at radius 1 is 1.13 bits per heavy atom. The van der Waals surface area contributed by atoms with Gasteiger partial charge in [0, 0.05) is 11.4 Å². The molecule has 1 fully saturated rings. The van der Waals surface area contributed by atoms with Crippen LogP contribution in [0.4, 0.5) is 4.39 Å². The minimum atomic E-state index is -0.776. The van der Waals surface area contributed by atoms with Crippen molar-refractivity contribution >= 4 is 22.8 Å². The van der Waals surface area contributed by atoms with Crippen molar-refractivity contribution in [3.63, 3.8) is 0 Å².